The van der Waals surface area contributed by atoms with Gasteiger partial charge in [0.05, 0.1) is 25.5 Å². The van der Waals surface area contributed by atoms with Crippen molar-refractivity contribution in [1.82, 2.24) is 4.57 Å². The second kappa shape index (κ2) is 7.35. The maximum Gasteiger partial charge on any atom is 0.250 e. The first kappa shape index (κ1) is 17.6. The molecule has 0 saturated carbocycles. The molecule has 1 heterocycles. The quantitative estimate of drug-likeness (QED) is 0.738. The second-order valence-corrected chi connectivity index (χ2v) is 6.03. The Bertz CT molecular complexity index is 930. The summed E-state index contributed by atoms with van der Waals surface area (Å²) in [6.07, 6.45) is 0. The molecule has 26 heavy (non-hydrogen) atoms. The SMILES string of the molecule is COc1ccc(OC)c(-c2cc(C(N)=O)c(C)n2Cc2ccccc2)c1. The van der Waals surface area contributed by atoms with Crippen LogP contribution in [0.25, 0.3) is 11.3 Å². The number of hydrogen-bond acceptors (Lipinski definition) is 3. The van der Waals surface area contributed by atoms with Gasteiger partial charge in [-0.1, -0.05) is 30.3 Å². The Kier molecular flexibility index (Phi) is 4.98. The first-order valence-electron chi connectivity index (χ1n) is 8.31. The molecule has 0 fully saturated rings. The van der Waals surface area contributed by atoms with Gasteiger partial charge in [-0.05, 0) is 36.8 Å². The van der Waals surface area contributed by atoms with Crippen LogP contribution >= 0.6 is 0 Å². The third kappa shape index (κ3) is 3.28. The van der Waals surface area contributed by atoms with Gasteiger partial charge in [0.25, 0.3) is 5.91 Å². The van der Waals surface area contributed by atoms with E-state index in [0.29, 0.717) is 23.6 Å². The number of aromatic nitrogens is 1. The molecule has 0 atom stereocenters. The molecular formula is C21H22N2O3. The van der Waals surface area contributed by atoms with E-state index in [-0.39, 0.29) is 0 Å². The summed E-state index contributed by atoms with van der Waals surface area (Å²) >= 11 is 0. The number of primary amides is 1. The Hall–Kier alpha value is -3.21. The monoisotopic (exact) mass is 350 g/mol. The number of ether oxygens (including phenoxy) is 2. The number of hydrogen-bond donors (Lipinski definition) is 1. The molecule has 1 aromatic heterocycles. The third-order valence-electron chi connectivity index (χ3n) is 4.50. The molecule has 0 aliphatic heterocycles. The number of nitrogens with zero attached hydrogens (tertiary/aromatic N) is 1. The molecule has 0 aliphatic rings. The first-order valence-corrected chi connectivity index (χ1v) is 8.31. The minimum absolute atomic E-state index is 0.447. The van der Waals surface area contributed by atoms with E-state index in [0.717, 1.165) is 22.5 Å². The van der Waals surface area contributed by atoms with Gasteiger partial charge in [0.2, 0.25) is 0 Å². The van der Waals surface area contributed by atoms with E-state index in [9.17, 15) is 4.79 Å². The van der Waals surface area contributed by atoms with Crippen LogP contribution in [0.15, 0.2) is 54.6 Å². The summed E-state index contributed by atoms with van der Waals surface area (Å²) < 4.78 is 13.0. The highest BCUT2D eigenvalue weighted by Crippen LogP contribution is 2.36. The fourth-order valence-electron chi connectivity index (χ4n) is 3.10. The standard InChI is InChI=1S/C21H22N2O3/c1-14-17(21(22)24)12-19(23(14)13-15-7-5-4-6-8-15)18-11-16(25-2)9-10-20(18)26-3/h4-12H,13H2,1-3H3,(H2,22,24). The van der Waals surface area contributed by atoms with Gasteiger partial charge in [-0.3, -0.25) is 4.79 Å². The third-order valence-corrected chi connectivity index (χ3v) is 4.50. The normalized spacial score (nSPS) is 10.6. The smallest absolute Gasteiger partial charge is 0.250 e. The molecule has 2 N–H and O–H groups in total. The Morgan fingerprint density at radius 2 is 1.77 bits per heavy atom. The molecule has 0 aliphatic carbocycles. The molecule has 2 aromatic carbocycles. The van der Waals surface area contributed by atoms with Crippen LogP contribution in [0, 0.1) is 6.92 Å². The summed E-state index contributed by atoms with van der Waals surface area (Å²) in [5.74, 6) is 0.970. The lowest BCUT2D eigenvalue weighted by Crippen LogP contribution is -2.12. The van der Waals surface area contributed by atoms with E-state index in [1.165, 1.54) is 0 Å². The van der Waals surface area contributed by atoms with E-state index in [1.54, 1.807) is 14.2 Å². The summed E-state index contributed by atoms with van der Waals surface area (Å²) in [6, 6.07) is 17.5. The highest BCUT2D eigenvalue weighted by Gasteiger charge is 2.20. The number of nitrogens with two attached hydrogens (primary N) is 1. The maximum absolute atomic E-state index is 11.9. The summed E-state index contributed by atoms with van der Waals surface area (Å²) in [6.45, 7) is 2.52. The lowest BCUT2D eigenvalue weighted by atomic mass is 10.1. The summed E-state index contributed by atoms with van der Waals surface area (Å²) in [5.41, 5.74) is 9.74. The van der Waals surface area contributed by atoms with Crippen LogP contribution < -0.4 is 15.2 Å². The van der Waals surface area contributed by atoms with Gasteiger partial charge < -0.3 is 19.8 Å². The van der Waals surface area contributed by atoms with Crippen LogP contribution in [0.2, 0.25) is 0 Å². The van der Waals surface area contributed by atoms with E-state index in [1.807, 2.05) is 49.4 Å². The van der Waals surface area contributed by atoms with Crippen molar-refractivity contribution < 1.29 is 14.3 Å². The fraction of sp³-hybridized carbons (Fsp3) is 0.190. The predicted octanol–water partition coefficient (Wildman–Crippen LogP) is 3.63. The van der Waals surface area contributed by atoms with Crippen molar-refractivity contribution in [3.05, 3.63) is 71.4 Å². The predicted molar refractivity (Wildman–Crippen MR) is 102 cm³/mol. The minimum Gasteiger partial charge on any atom is -0.497 e. The van der Waals surface area contributed by atoms with Crippen LogP contribution in [-0.2, 0) is 6.54 Å². The van der Waals surface area contributed by atoms with Crippen LogP contribution in [-0.4, -0.2) is 24.7 Å². The Labute approximate surface area is 153 Å². The summed E-state index contributed by atoms with van der Waals surface area (Å²) in [7, 11) is 3.24. The Morgan fingerprint density at radius 1 is 1.04 bits per heavy atom. The average molecular weight is 350 g/mol. The van der Waals surface area contributed by atoms with Crippen molar-refractivity contribution in [2.24, 2.45) is 5.73 Å². The van der Waals surface area contributed by atoms with Gasteiger partial charge in [0.15, 0.2) is 0 Å². The number of carbonyl (C=O) groups is 1. The lowest BCUT2D eigenvalue weighted by Gasteiger charge is -2.15. The first-order chi connectivity index (χ1) is 12.5. The highest BCUT2D eigenvalue weighted by molar-refractivity contribution is 5.96. The van der Waals surface area contributed by atoms with Crippen molar-refractivity contribution in [2.45, 2.75) is 13.5 Å². The largest absolute Gasteiger partial charge is 0.497 e. The van der Waals surface area contributed by atoms with Crippen LogP contribution in [0.5, 0.6) is 11.5 Å². The lowest BCUT2D eigenvalue weighted by molar-refractivity contribution is 0.0999. The molecule has 0 bridgehead atoms. The van der Waals surface area contributed by atoms with E-state index >= 15 is 0 Å². The zero-order valence-electron chi connectivity index (χ0n) is 15.2. The molecule has 3 aromatic rings. The molecular weight excluding hydrogens is 328 g/mol. The van der Waals surface area contributed by atoms with Crippen molar-refractivity contribution in [3.8, 4) is 22.8 Å². The summed E-state index contributed by atoms with van der Waals surface area (Å²) in [5, 5.41) is 0. The zero-order chi connectivity index (χ0) is 18.7. The highest BCUT2D eigenvalue weighted by atomic mass is 16.5. The molecule has 3 rings (SSSR count). The van der Waals surface area contributed by atoms with E-state index in [2.05, 4.69) is 16.7 Å². The zero-order valence-corrected chi connectivity index (χ0v) is 15.2. The van der Waals surface area contributed by atoms with Gasteiger partial charge in [0.1, 0.15) is 11.5 Å². The van der Waals surface area contributed by atoms with Crippen LogP contribution in [0.4, 0.5) is 0 Å². The van der Waals surface area contributed by atoms with Crippen molar-refractivity contribution in [3.63, 3.8) is 0 Å². The van der Waals surface area contributed by atoms with Gasteiger partial charge in [-0.25, -0.2) is 0 Å². The van der Waals surface area contributed by atoms with E-state index in [4.69, 9.17) is 15.2 Å². The average Bonchev–Trinajstić information content (AvgIpc) is 2.98. The maximum atomic E-state index is 11.9. The fourth-order valence-corrected chi connectivity index (χ4v) is 3.10. The number of benzene rings is 2. The second-order valence-electron chi connectivity index (χ2n) is 6.03. The minimum atomic E-state index is -0.447. The topological polar surface area (TPSA) is 66.5 Å². The number of amides is 1. The molecule has 1 amide bonds. The Morgan fingerprint density at radius 3 is 2.38 bits per heavy atom. The number of rotatable bonds is 6. The van der Waals surface area contributed by atoms with E-state index < -0.39 is 5.91 Å². The van der Waals surface area contributed by atoms with Crippen molar-refractivity contribution >= 4 is 5.91 Å². The van der Waals surface area contributed by atoms with Crippen molar-refractivity contribution in [1.29, 1.82) is 0 Å². The number of methoxy groups -OCH3 is 2. The number of carbonyl (C=O) groups excluding carboxylic acids is 1. The van der Waals surface area contributed by atoms with Gasteiger partial charge in [-0.15, -0.1) is 0 Å². The van der Waals surface area contributed by atoms with Crippen LogP contribution in [0.1, 0.15) is 21.6 Å². The summed E-state index contributed by atoms with van der Waals surface area (Å²) in [4.78, 5) is 11.9. The van der Waals surface area contributed by atoms with Crippen molar-refractivity contribution in [2.75, 3.05) is 14.2 Å². The molecule has 0 saturated heterocycles. The molecule has 5 nitrogen and oxygen atoms in total. The van der Waals surface area contributed by atoms with Crippen LogP contribution in [0.3, 0.4) is 0 Å². The van der Waals surface area contributed by atoms with Gasteiger partial charge in [0, 0.05) is 17.8 Å². The molecule has 134 valence electrons. The molecule has 0 unspecified atom stereocenters. The molecule has 0 spiro atoms. The Balaban J connectivity index is 2.20. The molecule has 0 radical (unpaired) electrons. The van der Waals surface area contributed by atoms with Gasteiger partial charge in [-0.2, -0.15) is 0 Å². The van der Waals surface area contributed by atoms with Gasteiger partial charge >= 0.3 is 0 Å². The molecule has 5 heteroatoms.